The Labute approximate surface area is 283 Å². The second-order valence-electron chi connectivity index (χ2n) is 12.5. The van der Waals surface area contributed by atoms with Crippen LogP contribution in [0.1, 0.15) is 0 Å². The minimum atomic E-state index is 0.603. The van der Waals surface area contributed by atoms with E-state index in [1.165, 1.54) is 52.5 Å². The molecule has 0 bridgehead atoms. The molecule has 0 fully saturated rings. The van der Waals surface area contributed by atoms with E-state index in [-0.39, 0.29) is 0 Å². The number of benzene rings is 7. The molecule has 4 aromatic heterocycles. The third-order valence-corrected chi connectivity index (χ3v) is 10.9. The van der Waals surface area contributed by atoms with Crippen molar-refractivity contribution < 1.29 is 0 Å². The van der Waals surface area contributed by atoms with Crippen molar-refractivity contribution in [2.75, 3.05) is 0 Å². The van der Waals surface area contributed by atoms with Gasteiger partial charge >= 0.3 is 0 Å². The quantitative estimate of drug-likeness (QED) is 0.208. The molecule has 1 N–H and O–H groups in total. The predicted octanol–water partition coefficient (Wildman–Crippen LogP) is 11.5. The van der Waals surface area contributed by atoms with E-state index in [0.29, 0.717) is 17.6 Å². The zero-order valence-electron chi connectivity index (χ0n) is 26.1. The fourth-order valence-corrected chi connectivity index (χ4v) is 8.91. The zero-order chi connectivity index (χ0) is 32.1. The lowest BCUT2D eigenvalue weighted by Crippen LogP contribution is -2.06. The molecule has 4 heterocycles. The number of aromatic nitrogens is 5. The molecule has 0 aliphatic carbocycles. The van der Waals surface area contributed by atoms with E-state index in [1.54, 1.807) is 0 Å². The van der Waals surface area contributed by atoms with Gasteiger partial charge in [0.25, 0.3) is 0 Å². The van der Waals surface area contributed by atoms with Crippen molar-refractivity contribution in [3.05, 3.63) is 146 Å². The molecule has 0 aliphatic heterocycles. The van der Waals surface area contributed by atoms with Crippen molar-refractivity contribution >= 4 is 85.9 Å². The standard InChI is InChI=1S/C43H25N5S/c1-3-13-25(14-4-1)41-45-42(26-15-5-2-6-16-26)47-43(46-41)48-35-22-12-10-20-30(35)37-28-18-7-8-19-29(28)38-32-23-31-27-17-9-11-21-33(27)44-34(31)24-36(32)49-40(38)39(37)48/h1-24,44H. The summed E-state index contributed by atoms with van der Waals surface area (Å²) in [5.74, 6) is 1.89. The van der Waals surface area contributed by atoms with Gasteiger partial charge in [0.15, 0.2) is 11.6 Å². The Balaban J connectivity index is 1.33. The molecule has 11 aromatic rings. The van der Waals surface area contributed by atoms with Crippen LogP contribution in [-0.2, 0) is 0 Å². The minimum Gasteiger partial charge on any atom is -0.354 e. The highest BCUT2D eigenvalue weighted by Crippen LogP contribution is 2.48. The van der Waals surface area contributed by atoms with Crippen LogP contribution in [0.5, 0.6) is 0 Å². The molecule has 0 amide bonds. The van der Waals surface area contributed by atoms with Crippen molar-refractivity contribution in [3.63, 3.8) is 0 Å². The normalized spacial score (nSPS) is 12.1. The van der Waals surface area contributed by atoms with Crippen molar-refractivity contribution in [1.29, 1.82) is 0 Å². The average molecular weight is 644 g/mol. The molecule has 0 atom stereocenters. The van der Waals surface area contributed by atoms with Gasteiger partial charge in [0.2, 0.25) is 5.95 Å². The molecular formula is C43H25N5S. The second kappa shape index (κ2) is 10.1. The van der Waals surface area contributed by atoms with Gasteiger partial charge in [-0.25, -0.2) is 4.98 Å². The first kappa shape index (κ1) is 26.7. The summed E-state index contributed by atoms with van der Waals surface area (Å²) >= 11 is 1.84. The number of hydrogen-bond donors (Lipinski definition) is 1. The fraction of sp³-hybridized carbons (Fsp3) is 0. The Morgan fingerprint density at radius 3 is 1.78 bits per heavy atom. The third-order valence-electron chi connectivity index (χ3n) is 9.76. The number of rotatable bonds is 3. The number of fused-ring (bicyclic) bond motifs is 13. The number of thiophene rings is 1. The van der Waals surface area contributed by atoms with Gasteiger partial charge in [-0.1, -0.05) is 121 Å². The number of nitrogens with zero attached hydrogens (tertiary/aromatic N) is 4. The number of aromatic amines is 1. The predicted molar refractivity (Wildman–Crippen MR) is 205 cm³/mol. The molecule has 6 heteroatoms. The highest BCUT2D eigenvalue weighted by atomic mass is 32.1. The fourth-order valence-electron chi connectivity index (χ4n) is 7.63. The Bertz CT molecular complexity index is 3040. The Hall–Kier alpha value is -6.37. The summed E-state index contributed by atoms with van der Waals surface area (Å²) < 4.78 is 4.74. The van der Waals surface area contributed by atoms with Gasteiger partial charge in [-0.15, -0.1) is 11.3 Å². The van der Waals surface area contributed by atoms with E-state index in [4.69, 9.17) is 15.0 Å². The van der Waals surface area contributed by atoms with Crippen LogP contribution in [-0.4, -0.2) is 24.5 Å². The van der Waals surface area contributed by atoms with Crippen LogP contribution in [0.3, 0.4) is 0 Å². The first-order valence-corrected chi connectivity index (χ1v) is 17.2. The van der Waals surface area contributed by atoms with Crippen LogP contribution in [0.2, 0.25) is 0 Å². The van der Waals surface area contributed by atoms with Crippen LogP contribution < -0.4 is 0 Å². The maximum absolute atomic E-state index is 5.22. The monoisotopic (exact) mass is 643 g/mol. The second-order valence-corrected chi connectivity index (χ2v) is 13.6. The van der Waals surface area contributed by atoms with Crippen molar-refractivity contribution in [3.8, 4) is 28.7 Å². The van der Waals surface area contributed by atoms with Crippen molar-refractivity contribution in [1.82, 2.24) is 24.5 Å². The summed E-state index contributed by atoms with van der Waals surface area (Å²) in [6, 6.07) is 51.1. The number of nitrogens with one attached hydrogen (secondary N) is 1. The molecule has 7 aromatic carbocycles. The smallest absolute Gasteiger partial charge is 0.238 e. The molecule has 0 unspecified atom stereocenters. The lowest BCUT2D eigenvalue weighted by atomic mass is 9.98. The summed E-state index contributed by atoms with van der Waals surface area (Å²) in [5, 5.41) is 9.87. The topological polar surface area (TPSA) is 59.4 Å². The molecule has 0 aliphatic rings. The molecule has 5 nitrogen and oxygen atoms in total. The van der Waals surface area contributed by atoms with Gasteiger partial charge in [0.1, 0.15) is 0 Å². The van der Waals surface area contributed by atoms with Crippen LogP contribution in [0.15, 0.2) is 146 Å². The molecule has 49 heavy (non-hydrogen) atoms. The Kier molecular flexibility index (Phi) is 5.48. The maximum atomic E-state index is 5.22. The van der Waals surface area contributed by atoms with E-state index >= 15 is 0 Å². The lowest BCUT2D eigenvalue weighted by Gasteiger charge is -2.12. The van der Waals surface area contributed by atoms with E-state index in [0.717, 1.165) is 33.2 Å². The zero-order valence-corrected chi connectivity index (χ0v) is 26.9. The van der Waals surface area contributed by atoms with E-state index in [1.807, 2.05) is 47.7 Å². The molecule has 11 rings (SSSR count). The summed E-state index contributed by atoms with van der Waals surface area (Å²) in [6.45, 7) is 0. The first-order valence-electron chi connectivity index (χ1n) is 16.4. The van der Waals surface area contributed by atoms with Crippen molar-refractivity contribution in [2.45, 2.75) is 0 Å². The van der Waals surface area contributed by atoms with Gasteiger partial charge < -0.3 is 4.98 Å². The van der Waals surface area contributed by atoms with Gasteiger partial charge in [0, 0.05) is 59.2 Å². The Morgan fingerprint density at radius 1 is 0.469 bits per heavy atom. The third kappa shape index (κ3) is 3.83. The van der Waals surface area contributed by atoms with E-state index in [2.05, 4.69) is 119 Å². The van der Waals surface area contributed by atoms with Crippen LogP contribution in [0.4, 0.5) is 0 Å². The van der Waals surface area contributed by atoms with Crippen LogP contribution in [0, 0.1) is 0 Å². The van der Waals surface area contributed by atoms with Gasteiger partial charge in [0.05, 0.1) is 15.7 Å². The van der Waals surface area contributed by atoms with Gasteiger partial charge in [-0.3, -0.25) is 4.57 Å². The lowest BCUT2D eigenvalue weighted by molar-refractivity contribution is 0.955. The highest BCUT2D eigenvalue weighted by molar-refractivity contribution is 7.27. The largest absolute Gasteiger partial charge is 0.354 e. The van der Waals surface area contributed by atoms with E-state index in [9.17, 15) is 0 Å². The molecule has 0 radical (unpaired) electrons. The van der Waals surface area contributed by atoms with Crippen LogP contribution >= 0.6 is 11.3 Å². The first-order chi connectivity index (χ1) is 24.3. The van der Waals surface area contributed by atoms with E-state index < -0.39 is 0 Å². The number of hydrogen-bond acceptors (Lipinski definition) is 4. The van der Waals surface area contributed by atoms with Crippen LogP contribution in [0.25, 0.3) is 103 Å². The molecule has 0 saturated carbocycles. The summed E-state index contributed by atoms with van der Waals surface area (Å²) in [6.07, 6.45) is 0. The van der Waals surface area contributed by atoms with Crippen molar-refractivity contribution in [2.24, 2.45) is 0 Å². The molecule has 0 saturated heterocycles. The number of para-hydroxylation sites is 2. The molecule has 0 spiro atoms. The number of H-pyrrole nitrogens is 1. The summed E-state index contributed by atoms with van der Waals surface area (Å²) in [4.78, 5) is 19.1. The molecule has 228 valence electrons. The summed E-state index contributed by atoms with van der Waals surface area (Å²) in [7, 11) is 0. The summed E-state index contributed by atoms with van der Waals surface area (Å²) in [5.41, 5.74) is 6.39. The molecular weight excluding hydrogens is 619 g/mol. The maximum Gasteiger partial charge on any atom is 0.238 e. The van der Waals surface area contributed by atoms with Gasteiger partial charge in [-0.05, 0) is 35.0 Å². The minimum absolute atomic E-state index is 0.603. The van der Waals surface area contributed by atoms with Gasteiger partial charge in [-0.2, -0.15) is 9.97 Å². The Morgan fingerprint density at radius 2 is 1.06 bits per heavy atom. The SMILES string of the molecule is c1ccc(-c2nc(-c3ccccc3)nc(-n3c4ccccc4c4c5ccccc5c5c6cc7c(cc6sc5c43)[nH]c3ccccc37)n2)cc1. The average Bonchev–Trinajstić information content (AvgIpc) is 3.84. The highest BCUT2D eigenvalue weighted by Gasteiger charge is 2.24.